The van der Waals surface area contributed by atoms with E-state index in [-0.39, 0.29) is 0 Å². The minimum Gasteiger partial charge on any atom is -0.383 e. The van der Waals surface area contributed by atoms with Gasteiger partial charge in [0.1, 0.15) is 5.60 Å². The average molecular weight is 345 g/mol. The van der Waals surface area contributed by atoms with Crippen molar-refractivity contribution in [2.75, 3.05) is 39.3 Å². The van der Waals surface area contributed by atoms with Gasteiger partial charge >= 0.3 is 0 Å². The predicted octanol–water partition coefficient (Wildman–Crippen LogP) is 1.86. The molecule has 3 N–H and O–H groups in total. The molecular formula is C20H32N4O. The molecule has 1 fully saturated rings. The summed E-state index contributed by atoms with van der Waals surface area (Å²) in [6, 6.07) is 8.19. The molecule has 5 nitrogen and oxygen atoms in total. The zero-order valence-corrected chi connectivity index (χ0v) is 15.4. The van der Waals surface area contributed by atoms with E-state index in [1.54, 1.807) is 0 Å². The number of benzene rings is 1. The van der Waals surface area contributed by atoms with Crippen LogP contribution in [0.4, 0.5) is 0 Å². The Morgan fingerprint density at radius 2 is 2.00 bits per heavy atom. The predicted molar refractivity (Wildman–Crippen MR) is 103 cm³/mol. The summed E-state index contributed by atoms with van der Waals surface area (Å²) in [5, 5.41) is 17.7. The summed E-state index contributed by atoms with van der Waals surface area (Å²) in [5.74, 6) is 0.803. The third kappa shape index (κ3) is 4.73. The maximum absolute atomic E-state index is 11.0. The lowest BCUT2D eigenvalue weighted by molar-refractivity contribution is 0.0485. The van der Waals surface area contributed by atoms with Crippen molar-refractivity contribution in [2.45, 2.75) is 44.6 Å². The molecule has 0 spiro atoms. The van der Waals surface area contributed by atoms with Crippen LogP contribution in [0.3, 0.4) is 0 Å². The lowest BCUT2D eigenvalue weighted by Crippen LogP contribution is -2.43. The van der Waals surface area contributed by atoms with Crippen molar-refractivity contribution in [1.29, 1.82) is 0 Å². The molecule has 0 radical (unpaired) electrons. The van der Waals surface area contributed by atoms with Crippen molar-refractivity contribution in [2.24, 2.45) is 4.99 Å². The first-order valence-electron chi connectivity index (χ1n) is 9.76. The topological polar surface area (TPSA) is 59.9 Å². The number of nitrogens with zero attached hydrogens (tertiary/aromatic N) is 2. The summed E-state index contributed by atoms with van der Waals surface area (Å²) >= 11 is 0. The van der Waals surface area contributed by atoms with Crippen molar-refractivity contribution in [1.82, 2.24) is 15.5 Å². The van der Waals surface area contributed by atoms with Gasteiger partial charge in [-0.25, -0.2) is 4.99 Å². The molecule has 1 atom stereocenters. The van der Waals surface area contributed by atoms with Crippen LogP contribution in [0, 0.1) is 0 Å². The largest absolute Gasteiger partial charge is 0.383 e. The second-order valence-electron chi connectivity index (χ2n) is 7.21. The lowest BCUT2D eigenvalue weighted by Gasteiger charge is -2.27. The van der Waals surface area contributed by atoms with E-state index >= 15 is 0 Å². The Labute approximate surface area is 151 Å². The summed E-state index contributed by atoms with van der Waals surface area (Å²) in [4.78, 5) is 7.19. The van der Waals surface area contributed by atoms with E-state index in [9.17, 15) is 5.11 Å². The van der Waals surface area contributed by atoms with E-state index in [1.807, 2.05) is 18.2 Å². The summed E-state index contributed by atoms with van der Waals surface area (Å²) in [6.07, 6.45) is 5.69. The number of likely N-dealkylation sites (tertiary alicyclic amines) is 1. The van der Waals surface area contributed by atoms with Crippen molar-refractivity contribution in [3.8, 4) is 0 Å². The highest BCUT2D eigenvalue weighted by atomic mass is 16.3. The Bertz CT molecular complexity index is 583. The van der Waals surface area contributed by atoms with Crippen LogP contribution >= 0.6 is 0 Å². The van der Waals surface area contributed by atoms with Gasteiger partial charge in [-0.15, -0.1) is 0 Å². The number of fused-ring (bicyclic) bond motifs is 1. The van der Waals surface area contributed by atoms with Crippen molar-refractivity contribution >= 4 is 5.96 Å². The number of aryl methyl sites for hydroxylation is 1. The molecule has 2 aliphatic rings. The molecule has 1 aromatic carbocycles. The van der Waals surface area contributed by atoms with Crippen LogP contribution < -0.4 is 10.6 Å². The highest BCUT2D eigenvalue weighted by Gasteiger charge is 2.36. The van der Waals surface area contributed by atoms with Gasteiger partial charge in [-0.05, 0) is 56.8 Å². The maximum atomic E-state index is 11.0. The quantitative estimate of drug-likeness (QED) is 0.545. The Hall–Kier alpha value is -1.59. The molecule has 25 heavy (non-hydrogen) atoms. The van der Waals surface area contributed by atoms with Crippen LogP contribution in [0.2, 0.25) is 0 Å². The van der Waals surface area contributed by atoms with E-state index in [2.05, 4.69) is 33.5 Å². The molecule has 1 saturated heterocycles. The molecule has 3 rings (SSSR count). The maximum Gasteiger partial charge on any atom is 0.191 e. The second-order valence-corrected chi connectivity index (χ2v) is 7.21. The zero-order chi connectivity index (χ0) is 17.5. The second kappa shape index (κ2) is 8.68. The zero-order valence-electron chi connectivity index (χ0n) is 15.4. The van der Waals surface area contributed by atoms with Crippen molar-refractivity contribution in [3.63, 3.8) is 0 Å². The highest BCUT2D eigenvalue weighted by molar-refractivity contribution is 5.79. The van der Waals surface area contributed by atoms with Gasteiger partial charge in [-0.3, -0.25) is 0 Å². The van der Waals surface area contributed by atoms with E-state index < -0.39 is 5.60 Å². The van der Waals surface area contributed by atoms with Crippen molar-refractivity contribution in [3.05, 3.63) is 35.4 Å². The molecule has 5 heteroatoms. The first-order chi connectivity index (χ1) is 12.2. The summed E-state index contributed by atoms with van der Waals surface area (Å²) in [5.41, 5.74) is 1.47. The lowest BCUT2D eigenvalue weighted by atomic mass is 9.96. The number of aliphatic hydroxyl groups is 1. The normalized spacial score (nSPS) is 24.2. The standard InChI is InChI=1S/C20H32N4O/c1-2-21-19(22-12-15-24-13-6-3-7-14-24)23-16-20(25)11-10-17-8-4-5-9-18(17)20/h4-5,8-9,25H,2-3,6-7,10-16H2,1H3,(H2,21,22,23). The SMILES string of the molecule is CCNC(=NCC1(O)CCc2ccccc21)NCCN1CCCCC1. The minimum atomic E-state index is -0.828. The van der Waals surface area contributed by atoms with E-state index in [4.69, 9.17) is 0 Å². The van der Waals surface area contributed by atoms with E-state index in [0.717, 1.165) is 44.0 Å². The van der Waals surface area contributed by atoms with Gasteiger partial charge < -0.3 is 20.6 Å². The van der Waals surface area contributed by atoms with Crippen LogP contribution in [0.1, 0.15) is 43.7 Å². The Morgan fingerprint density at radius 1 is 1.20 bits per heavy atom. The Kier molecular flexibility index (Phi) is 6.32. The molecule has 1 aromatic rings. The average Bonchev–Trinajstić information content (AvgIpc) is 2.98. The Balaban J connectivity index is 1.55. The first kappa shape index (κ1) is 18.2. The number of hydrogen-bond donors (Lipinski definition) is 3. The fraction of sp³-hybridized carbons (Fsp3) is 0.650. The third-order valence-corrected chi connectivity index (χ3v) is 5.34. The van der Waals surface area contributed by atoms with Gasteiger partial charge in [0.05, 0.1) is 6.54 Å². The van der Waals surface area contributed by atoms with E-state index in [0.29, 0.717) is 6.54 Å². The van der Waals surface area contributed by atoms with E-state index in [1.165, 1.54) is 37.9 Å². The molecular weight excluding hydrogens is 312 g/mol. The van der Waals surface area contributed by atoms with Crippen LogP contribution in [0.25, 0.3) is 0 Å². The molecule has 1 heterocycles. The van der Waals surface area contributed by atoms with Crippen LogP contribution in [-0.2, 0) is 12.0 Å². The molecule has 0 aromatic heterocycles. The fourth-order valence-corrected chi connectivity index (χ4v) is 3.90. The van der Waals surface area contributed by atoms with Gasteiger partial charge in [0.25, 0.3) is 0 Å². The van der Waals surface area contributed by atoms with Crippen LogP contribution in [0.15, 0.2) is 29.3 Å². The molecule has 0 saturated carbocycles. The number of rotatable bonds is 6. The van der Waals surface area contributed by atoms with Crippen molar-refractivity contribution < 1.29 is 5.11 Å². The summed E-state index contributed by atoms with van der Waals surface area (Å²) in [6.45, 7) is 7.67. The first-order valence-corrected chi connectivity index (χ1v) is 9.76. The minimum absolute atomic E-state index is 0.406. The highest BCUT2D eigenvalue weighted by Crippen LogP contribution is 2.36. The van der Waals surface area contributed by atoms with Gasteiger partial charge in [0.15, 0.2) is 5.96 Å². The van der Waals surface area contributed by atoms with Gasteiger partial charge in [-0.1, -0.05) is 30.7 Å². The van der Waals surface area contributed by atoms with Gasteiger partial charge in [0.2, 0.25) is 0 Å². The summed E-state index contributed by atoms with van der Waals surface area (Å²) < 4.78 is 0. The number of guanidine groups is 1. The monoisotopic (exact) mass is 344 g/mol. The number of nitrogens with one attached hydrogen (secondary N) is 2. The smallest absolute Gasteiger partial charge is 0.191 e. The Morgan fingerprint density at radius 3 is 2.80 bits per heavy atom. The molecule has 1 aliphatic carbocycles. The molecule has 0 amide bonds. The molecule has 138 valence electrons. The third-order valence-electron chi connectivity index (χ3n) is 5.34. The van der Waals surface area contributed by atoms with Gasteiger partial charge in [0, 0.05) is 19.6 Å². The molecule has 1 unspecified atom stereocenters. The molecule has 0 bridgehead atoms. The van der Waals surface area contributed by atoms with Crippen LogP contribution in [0.5, 0.6) is 0 Å². The molecule has 1 aliphatic heterocycles. The summed E-state index contributed by atoms with van der Waals surface area (Å²) in [7, 11) is 0. The number of hydrogen-bond acceptors (Lipinski definition) is 3. The number of piperidine rings is 1. The number of aliphatic imine (C=N–C) groups is 1. The fourth-order valence-electron chi connectivity index (χ4n) is 3.90. The van der Waals surface area contributed by atoms with Gasteiger partial charge in [-0.2, -0.15) is 0 Å². The van der Waals surface area contributed by atoms with Crippen LogP contribution in [-0.4, -0.2) is 55.2 Å².